The number of aliphatic hydroxyl groups is 1. The minimum Gasteiger partial charge on any atom is -0.476 e. The van der Waals surface area contributed by atoms with Gasteiger partial charge in [-0.2, -0.15) is 0 Å². The summed E-state index contributed by atoms with van der Waals surface area (Å²) < 4.78 is 0. The van der Waals surface area contributed by atoms with Gasteiger partial charge in [0.25, 0.3) is 0 Å². The van der Waals surface area contributed by atoms with Crippen molar-refractivity contribution in [1.82, 2.24) is 9.97 Å². The minimum absolute atomic E-state index is 0.139. The van der Waals surface area contributed by atoms with Crippen LogP contribution < -0.4 is 0 Å². The lowest BCUT2D eigenvalue weighted by Crippen LogP contribution is -2.07. The van der Waals surface area contributed by atoms with Crippen LogP contribution in [0.4, 0.5) is 0 Å². The number of aromatic nitrogens is 2. The molecule has 0 bridgehead atoms. The summed E-state index contributed by atoms with van der Waals surface area (Å²) in [5.74, 6) is -1.15. The summed E-state index contributed by atoms with van der Waals surface area (Å²) in [6.07, 6.45) is 0.305. The van der Waals surface area contributed by atoms with Gasteiger partial charge in [0.2, 0.25) is 0 Å². The average molecular weight is 238 g/mol. The number of hydrogen-bond acceptors (Lipinski definition) is 4. The Morgan fingerprint density at radius 1 is 1.62 bits per heavy atom. The van der Waals surface area contributed by atoms with Crippen LogP contribution in [0.15, 0.2) is 17.8 Å². The van der Waals surface area contributed by atoms with E-state index in [0.29, 0.717) is 0 Å². The summed E-state index contributed by atoms with van der Waals surface area (Å²) in [6, 6.07) is 1.88. The Balaban J connectivity index is 2.42. The number of imidazole rings is 1. The number of aryl methyl sites for hydroxylation is 1. The molecule has 0 spiro atoms. The van der Waals surface area contributed by atoms with E-state index < -0.39 is 12.1 Å². The van der Waals surface area contributed by atoms with Crippen LogP contribution >= 0.6 is 11.3 Å². The zero-order valence-corrected chi connectivity index (χ0v) is 9.28. The van der Waals surface area contributed by atoms with E-state index in [-0.39, 0.29) is 11.4 Å². The lowest BCUT2D eigenvalue weighted by Gasteiger charge is -2.08. The topological polar surface area (TPSA) is 86.2 Å². The van der Waals surface area contributed by atoms with E-state index in [1.807, 2.05) is 18.4 Å². The monoisotopic (exact) mass is 238 g/mol. The number of rotatable bonds is 3. The molecular formula is C10H10N2O3S. The Bertz CT molecular complexity index is 518. The Kier molecular flexibility index (Phi) is 2.76. The van der Waals surface area contributed by atoms with Crippen LogP contribution in [0, 0.1) is 6.92 Å². The first kappa shape index (κ1) is 10.8. The number of carboxylic acid groups (broad SMARTS) is 1. The maximum atomic E-state index is 10.9. The second-order valence-electron chi connectivity index (χ2n) is 3.34. The van der Waals surface area contributed by atoms with Gasteiger partial charge in [0.05, 0.1) is 12.0 Å². The Hall–Kier alpha value is -1.66. The number of aromatic amines is 1. The van der Waals surface area contributed by atoms with Gasteiger partial charge in [-0.1, -0.05) is 0 Å². The van der Waals surface area contributed by atoms with E-state index in [0.717, 1.165) is 10.4 Å². The van der Waals surface area contributed by atoms with Crippen LogP contribution in [-0.4, -0.2) is 26.2 Å². The molecule has 1 unspecified atom stereocenters. The van der Waals surface area contributed by atoms with Crippen molar-refractivity contribution < 1.29 is 15.0 Å². The molecule has 2 heterocycles. The smallest absolute Gasteiger partial charge is 0.356 e. The summed E-state index contributed by atoms with van der Waals surface area (Å²) in [4.78, 5) is 17.9. The normalized spacial score (nSPS) is 12.6. The first-order valence-corrected chi connectivity index (χ1v) is 5.48. The number of carboxylic acids is 1. The Labute approximate surface area is 95.4 Å². The fourth-order valence-electron chi connectivity index (χ4n) is 1.48. The number of hydrogen-bond donors (Lipinski definition) is 3. The quantitative estimate of drug-likeness (QED) is 0.757. The molecule has 1 atom stereocenters. The van der Waals surface area contributed by atoms with Crippen molar-refractivity contribution in [1.29, 1.82) is 0 Å². The van der Waals surface area contributed by atoms with Crippen LogP contribution in [0.2, 0.25) is 0 Å². The second kappa shape index (κ2) is 4.07. The van der Waals surface area contributed by atoms with Crippen molar-refractivity contribution >= 4 is 17.3 Å². The molecule has 84 valence electrons. The molecule has 0 aliphatic carbocycles. The van der Waals surface area contributed by atoms with Crippen LogP contribution in [0.25, 0.3) is 0 Å². The highest BCUT2D eigenvalue weighted by Crippen LogP contribution is 2.29. The molecule has 16 heavy (non-hydrogen) atoms. The third kappa shape index (κ3) is 1.72. The number of nitrogens with one attached hydrogen (secondary N) is 1. The third-order valence-electron chi connectivity index (χ3n) is 2.29. The SMILES string of the molecule is Cc1ccsc1C(O)c1[nH]cnc1C(=O)O. The predicted molar refractivity (Wildman–Crippen MR) is 58.7 cm³/mol. The van der Waals surface area contributed by atoms with Gasteiger partial charge in [-0.25, -0.2) is 9.78 Å². The molecule has 0 aliphatic heterocycles. The average Bonchev–Trinajstić information content (AvgIpc) is 2.84. The van der Waals surface area contributed by atoms with Crippen LogP contribution in [-0.2, 0) is 0 Å². The van der Waals surface area contributed by atoms with Crippen molar-refractivity contribution in [3.05, 3.63) is 39.6 Å². The fourth-order valence-corrected chi connectivity index (χ4v) is 2.40. The summed E-state index contributed by atoms with van der Waals surface area (Å²) >= 11 is 1.39. The van der Waals surface area contributed by atoms with Gasteiger partial charge >= 0.3 is 5.97 Å². The maximum absolute atomic E-state index is 10.9. The number of thiophene rings is 1. The second-order valence-corrected chi connectivity index (χ2v) is 4.29. The van der Waals surface area contributed by atoms with E-state index in [1.165, 1.54) is 17.7 Å². The molecule has 6 heteroatoms. The molecule has 2 rings (SSSR count). The third-order valence-corrected chi connectivity index (χ3v) is 3.37. The highest BCUT2D eigenvalue weighted by atomic mass is 32.1. The first-order valence-electron chi connectivity index (χ1n) is 4.60. The molecule has 0 radical (unpaired) electrons. The first-order chi connectivity index (χ1) is 7.61. The van der Waals surface area contributed by atoms with E-state index in [2.05, 4.69) is 9.97 Å². The summed E-state index contributed by atoms with van der Waals surface area (Å²) in [5, 5.41) is 20.8. The minimum atomic E-state index is -1.15. The van der Waals surface area contributed by atoms with Gasteiger partial charge < -0.3 is 15.2 Å². The van der Waals surface area contributed by atoms with Crippen LogP contribution in [0.3, 0.4) is 0 Å². The van der Waals surface area contributed by atoms with Gasteiger partial charge in [-0.15, -0.1) is 11.3 Å². The Morgan fingerprint density at radius 2 is 2.38 bits per heavy atom. The molecule has 2 aromatic rings. The van der Waals surface area contributed by atoms with Gasteiger partial charge in [0.1, 0.15) is 6.10 Å². The predicted octanol–water partition coefficient (Wildman–Crippen LogP) is 1.56. The zero-order valence-electron chi connectivity index (χ0n) is 8.47. The fraction of sp³-hybridized carbons (Fsp3) is 0.200. The highest BCUT2D eigenvalue weighted by molar-refractivity contribution is 7.10. The molecule has 0 fully saturated rings. The highest BCUT2D eigenvalue weighted by Gasteiger charge is 2.23. The molecule has 2 aromatic heterocycles. The lowest BCUT2D eigenvalue weighted by molar-refractivity contribution is 0.0685. The number of H-pyrrole nitrogens is 1. The van der Waals surface area contributed by atoms with Crippen molar-refractivity contribution in [2.24, 2.45) is 0 Å². The molecule has 0 saturated carbocycles. The van der Waals surface area contributed by atoms with E-state index >= 15 is 0 Å². The zero-order chi connectivity index (χ0) is 11.7. The molecule has 0 saturated heterocycles. The molecule has 0 aliphatic rings. The maximum Gasteiger partial charge on any atom is 0.356 e. The van der Waals surface area contributed by atoms with E-state index in [4.69, 9.17) is 5.11 Å². The van der Waals surface area contributed by atoms with Crippen molar-refractivity contribution in [2.75, 3.05) is 0 Å². The van der Waals surface area contributed by atoms with Gasteiger partial charge in [0, 0.05) is 4.88 Å². The van der Waals surface area contributed by atoms with Gasteiger partial charge in [-0.3, -0.25) is 0 Å². The molecule has 0 aromatic carbocycles. The van der Waals surface area contributed by atoms with Crippen LogP contribution in [0.5, 0.6) is 0 Å². The molecule has 3 N–H and O–H groups in total. The summed E-state index contributed by atoms with van der Waals surface area (Å²) in [7, 11) is 0. The number of aromatic carboxylic acids is 1. The largest absolute Gasteiger partial charge is 0.476 e. The number of carbonyl (C=O) groups is 1. The van der Waals surface area contributed by atoms with Gasteiger partial charge in [-0.05, 0) is 23.9 Å². The lowest BCUT2D eigenvalue weighted by atomic mass is 10.1. The molecule has 0 amide bonds. The van der Waals surface area contributed by atoms with E-state index in [1.54, 1.807) is 0 Å². The number of nitrogens with zero attached hydrogens (tertiary/aromatic N) is 1. The molecular weight excluding hydrogens is 228 g/mol. The summed E-state index contributed by atoms with van der Waals surface area (Å²) in [6.45, 7) is 1.87. The van der Waals surface area contributed by atoms with E-state index in [9.17, 15) is 9.90 Å². The summed E-state index contributed by atoms with van der Waals surface area (Å²) in [5.41, 5.74) is 1.02. The van der Waals surface area contributed by atoms with Crippen molar-refractivity contribution in [3.8, 4) is 0 Å². The standard InChI is InChI=1S/C10H10N2O3S/c1-5-2-3-16-9(5)8(13)6-7(10(14)15)12-4-11-6/h2-4,8,13H,1H3,(H,11,12)(H,14,15). The molecule has 5 nitrogen and oxygen atoms in total. The number of aliphatic hydroxyl groups excluding tert-OH is 1. The van der Waals surface area contributed by atoms with Gasteiger partial charge in [0.15, 0.2) is 5.69 Å². The Morgan fingerprint density at radius 3 is 2.94 bits per heavy atom. The van der Waals surface area contributed by atoms with Crippen LogP contribution in [0.1, 0.15) is 32.7 Å². The van der Waals surface area contributed by atoms with Crippen molar-refractivity contribution in [2.45, 2.75) is 13.0 Å². The van der Waals surface area contributed by atoms with Crippen molar-refractivity contribution in [3.63, 3.8) is 0 Å².